The molecule has 2 aromatic rings. The number of nitrogens with zero attached hydrogens (tertiary/aromatic N) is 2. The third-order valence-electron chi connectivity index (χ3n) is 4.11. The Hall–Kier alpha value is -2.83. The molecule has 0 unspecified atom stereocenters. The van der Waals surface area contributed by atoms with E-state index in [4.69, 9.17) is 4.74 Å². The Morgan fingerprint density at radius 3 is 2.39 bits per heavy atom. The van der Waals surface area contributed by atoms with Crippen molar-refractivity contribution in [3.8, 4) is 0 Å². The first kappa shape index (κ1) is 21.5. The summed E-state index contributed by atoms with van der Waals surface area (Å²) in [6, 6.07) is 13.2. The molecule has 0 radical (unpaired) electrons. The molecule has 7 heteroatoms. The number of para-hydroxylation sites is 1. The molecule has 0 aromatic heterocycles. The minimum absolute atomic E-state index is 0. The maximum Gasteiger partial charge on any atom is 0.411 e. The SMILES string of the molecule is CCOC(=O)Nc1ccc2c(c1)N(C(=O)CN(C)C)c1ccccc1C=C2.Cl. The van der Waals surface area contributed by atoms with Crippen molar-refractivity contribution in [1.82, 2.24) is 4.90 Å². The van der Waals surface area contributed by atoms with Crippen LogP contribution in [0.4, 0.5) is 21.9 Å². The van der Waals surface area contributed by atoms with Gasteiger partial charge in [-0.05, 0) is 50.3 Å². The van der Waals surface area contributed by atoms with E-state index in [9.17, 15) is 9.59 Å². The van der Waals surface area contributed by atoms with Crippen molar-refractivity contribution in [3.05, 3.63) is 53.6 Å². The molecule has 6 nitrogen and oxygen atoms in total. The first-order valence-corrected chi connectivity index (χ1v) is 8.82. The van der Waals surface area contributed by atoms with Gasteiger partial charge in [-0.1, -0.05) is 36.4 Å². The van der Waals surface area contributed by atoms with Gasteiger partial charge in [-0.25, -0.2) is 4.79 Å². The number of fused-ring (bicyclic) bond motifs is 2. The molecule has 2 amide bonds. The molecule has 0 saturated carbocycles. The first-order valence-electron chi connectivity index (χ1n) is 8.82. The third kappa shape index (κ3) is 4.71. The summed E-state index contributed by atoms with van der Waals surface area (Å²) in [4.78, 5) is 28.4. The second-order valence-corrected chi connectivity index (χ2v) is 6.48. The Bertz CT molecular complexity index is 896. The second-order valence-electron chi connectivity index (χ2n) is 6.48. The number of carbonyl (C=O) groups is 2. The number of nitrogens with one attached hydrogen (secondary N) is 1. The predicted molar refractivity (Wildman–Crippen MR) is 115 cm³/mol. The topological polar surface area (TPSA) is 61.9 Å². The highest BCUT2D eigenvalue weighted by atomic mass is 35.5. The summed E-state index contributed by atoms with van der Waals surface area (Å²) in [6.07, 6.45) is 3.45. The van der Waals surface area contributed by atoms with Crippen LogP contribution < -0.4 is 10.2 Å². The Labute approximate surface area is 171 Å². The van der Waals surface area contributed by atoms with E-state index < -0.39 is 6.09 Å². The number of hydrogen-bond donors (Lipinski definition) is 1. The monoisotopic (exact) mass is 401 g/mol. The molecule has 1 N–H and O–H groups in total. The number of halogens is 1. The van der Waals surface area contributed by atoms with E-state index in [0.717, 1.165) is 22.5 Å². The zero-order valence-electron chi connectivity index (χ0n) is 16.1. The van der Waals surface area contributed by atoms with Crippen LogP contribution >= 0.6 is 12.4 Å². The van der Waals surface area contributed by atoms with Gasteiger partial charge in [0.2, 0.25) is 5.91 Å². The fourth-order valence-electron chi connectivity index (χ4n) is 2.99. The molecule has 0 saturated heterocycles. The lowest BCUT2D eigenvalue weighted by atomic mass is 10.1. The molecule has 0 aliphatic carbocycles. The number of benzene rings is 2. The van der Waals surface area contributed by atoms with Crippen molar-refractivity contribution in [2.75, 3.05) is 37.5 Å². The van der Waals surface area contributed by atoms with Crippen LogP contribution in [0.5, 0.6) is 0 Å². The van der Waals surface area contributed by atoms with Crippen LogP contribution in [0.3, 0.4) is 0 Å². The number of ether oxygens (including phenoxy) is 1. The molecule has 0 spiro atoms. The van der Waals surface area contributed by atoms with Crippen molar-refractivity contribution in [2.45, 2.75) is 6.92 Å². The fourth-order valence-corrected chi connectivity index (χ4v) is 2.99. The largest absolute Gasteiger partial charge is 0.450 e. The van der Waals surface area contributed by atoms with Gasteiger partial charge in [0.15, 0.2) is 0 Å². The summed E-state index contributed by atoms with van der Waals surface area (Å²) in [6.45, 7) is 2.31. The van der Waals surface area contributed by atoms with Crippen LogP contribution in [0.2, 0.25) is 0 Å². The van der Waals surface area contributed by atoms with Crippen molar-refractivity contribution in [1.29, 1.82) is 0 Å². The Balaban J connectivity index is 0.00000280. The highest BCUT2D eigenvalue weighted by Crippen LogP contribution is 2.37. The van der Waals surface area contributed by atoms with Gasteiger partial charge in [-0.2, -0.15) is 0 Å². The number of rotatable bonds is 4. The van der Waals surface area contributed by atoms with E-state index in [0.29, 0.717) is 12.3 Å². The summed E-state index contributed by atoms with van der Waals surface area (Å²) in [5.41, 5.74) is 3.96. The van der Waals surface area contributed by atoms with Crippen LogP contribution in [0.25, 0.3) is 12.2 Å². The van der Waals surface area contributed by atoms with Crippen molar-refractivity contribution in [2.24, 2.45) is 0 Å². The molecular formula is C21H24ClN3O3. The van der Waals surface area contributed by atoms with Crippen molar-refractivity contribution in [3.63, 3.8) is 0 Å². The quantitative estimate of drug-likeness (QED) is 0.825. The van der Waals surface area contributed by atoms with Crippen LogP contribution in [0.1, 0.15) is 18.1 Å². The Morgan fingerprint density at radius 1 is 1.04 bits per heavy atom. The van der Waals surface area contributed by atoms with Gasteiger partial charge in [0.25, 0.3) is 0 Å². The van der Waals surface area contributed by atoms with Crippen LogP contribution in [-0.2, 0) is 9.53 Å². The average Bonchev–Trinajstić information content (AvgIpc) is 2.77. The molecule has 1 aliphatic rings. The summed E-state index contributed by atoms with van der Waals surface area (Å²) in [5.74, 6) is -0.0503. The van der Waals surface area contributed by atoms with E-state index in [1.807, 2.05) is 61.5 Å². The first-order chi connectivity index (χ1) is 13.0. The number of anilines is 3. The van der Waals surface area contributed by atoms with Crippen LogP contribution in [0, 0.1) is 0 Å². The zero-order chi connectivity index (χ0) is 19.4. The molecule has 3 rings (SSSR count). The highest BCUT2D eigenvalue weighted by Gasteiger charge is 2.24. The molecule has 0 bridgehead atoms. The number of hydrogen-bond acceptors (Lipinski definition) is 4. The fraction of sp³-hybridized carbons (Fsp3) is 0.238. The molecule has 0 atom stereocenters. The van der Waals surface area contributed by atoms with Crippen molar-refractivity contribution >= 4 is 53.6 Å². The summed E-state index contributed by atoms with van der Waals surface area (Å²) < 4.78 is 4.95. The van der Waals surface area contributed by atoms with Gasteiger partial charge in [0.05, 0.1) is 24.5 Å². The second kappa shape index (κ2) is 9.39. The minimum Gasteiger partial charge on any atom is -0.450 e. The third-order valence-corrected chi connectivity index (χ3v) is 4.11. The average molecular weight is 402 g/mol. The van der Waals surface area contributed by atoms with Gasteiger partial charge in [-0.3, -0.25) is 15.0 Å². The number of likely N-dealkylation sites (N-methyl/N-ethyl adjacent to an activating group) is 1. The lowest BCUT2D eigenvalue weighted by Gasteiger charge is -2.26. The van der Waals surface area contributed by atoms with Gasteiger partial charge in [0, 0.05) is 5.69 Å². The van der Waals surface area contributed by atoms with E-state index in [1.165, 1.54) is 0 Å². The molecular weight excluding hydrogens is 378 g/mol. The predicted octanol–water partition coefficient (Wildman–Crippen LogP) is 4.39. The summed E-state index contributed by atoms with van der Waals surface area (Å²) in [5, 5.41) is 2.70. The summed E-state index contributed by atoms with van der Waals surface area (Å²) >= 11 is 0. The maximum atomic E-state index is 13.1. The lowest BCUT2D eigenvalue weighted by Crippen LogP contribution is -2.35. The van der Waals surface area contributed by atoms with E-state index in [2.05, 4.69) is 5.32 Å². The number of carbonyl (C=O) groups excluding carboxylic acids is 2. The maximum absolute atomic E-state index is 13.1. The van der Waals surface area contributed by atoms with Gasteiger partial charge in [-0.15, -0.1) is 12.4 Å². The standard InChI is InChI=1S/C21H23N3O3.ClH/c1-4-27-21(26)22-17-12-11-16-10-9-15-7-5-6-8-18(15)24(19(16)13-17)20(25)14-23(2)3;/h5-13H,4,14H2,1-3H3,(H,22,26);1H. The normalized spacial score (nSPS) is 11.8. The number of amides is 2. The van der Waals surface area contributed by atoms with Crippen molar-refractivity contribution < 1.29 is 14.3 Å². The van der Waals surface area contributed by atoms with Gasteiger partial charge >= 0.3 is 6.09 Å². The van der Waals surface area contributed by atoms with Gasteiger partial charge in [0.1, 0.15) is 0 Å². The molecule has 1 aliphatic heterocycles. The Kier molecular flexibility index (Phi) is 7.20. The van der Waals surface area contributed by atoms with E-state index >= 15 is 0 Å². The lowest BCUT2D eigenvalue weighted by molar-refractivity contribution is -0.118. The zero-order valence-corrected chi connectivity index (χ0v) is 17.0. The molecule has 2 aromatic carbocycles. The molecule has 1 heterocycles. The summed E-state index contributed by atoms with van der Waals surface area (Å²) in [7, 11) is 3.72. The van der Waals surface area contributed by atoms with E-state index in [1.54, 1.807) is 24.0 Å². The van der Waals surface area contributed by atoms with E-state index in [-0.39, 0.29) is 24.9 Å². The minimum atomic E-state index is -0.520. The van der Waals surface area contributed by atoms with Crippen LogP contribution in [-0.4, -0.2) is 44.1 Å². The van der Waals surface area contributed by atoms with Crippen LogP contribution in [0.15, 0.2) is 42.5 Å². The molecule has 148 valence electrons. The Morgan fingerprint density at radius 2 is 1.71 bits per heavy atom. The molecule has 28 heavy (non-hydrogen) atoms. The molecule has 0 fully saturated rings. The van der Waals surface area contributed by atoms with Gasteiger partial charge < -0.3 is 9.64 Å². The highest BCUT2D eigenvalue weighted by molar-refractivity contribution is 6.07. The smallest absolute Gasteiger partial charge is 0.411 e.